The first-order chi connectivity index (χ1) is 12.0. The van der Waals surface area contributed by atoms with Gasteiger partial charge in [-0.05, 0) is 24.3 Å². The molecule has 1 aliphatic heterocycles. The molecule has 0 bridgehead atoms. The number of ether oxygens (including phenoxy) is 1. The third kappa shape index (κ3) is 4.30. The number of para-hydroxylation sites is 2. The van der Waals surface area contributed by atoms with Crippen LogP contribution in [0.15, 0.2) is 36.4 Å². The van der Waals surface area contributed by atoms with Crippen LogP contribution in [0.2, 0.25) is 0 Å². The minimum absolute atomic E-state index is 0.221. The molecular formula is C16H21N5O3S. The van der Waals surface area contributed by atoms with Crippen molar-refractivity contribution in [3.63, 3.8) is 0 Å². The maximum absolute atomic E-state index is 11.2. The largest absolute Gasteiger partial charge is 0.495 e. The zero-order valence-corrected chi connectivity index (χ0v) is 15.0. The molecule has 2 heterocycles. The van der Waals surface area contributed by atoms with Gasteiger partial charge in [-0.25, -0.2) is 8.42 Å². The molecule has 0 amide bonds. The number of sulfonamides is 1. The molecule has 1 aromatic heterocycles. The predicted molar refractivity (Wildman–Crippen MR) is 97.9 cm³/mol. The molecule has 0 saturated carbocycles. The van der Waals surface area contributed by atoms with Gasteiger partial charge in [-0.15, -0.1) is 10.2 Å². The van der Waals surface area contributed by atoms with E-state index in [1.807, 2.05) is 18.2 Å². The van der Waals surface area contributed by atoms with Crippen molar-refractivity contribution >= 4 is 27.3 Å². The molecule has 1 fully saturated rings. The van der Waals surface area contributed by atoms with E-state index in [2.05, 4.69) is 30.8 Å². The van der Waals surface area contributed by atoms with E-state index in [1.165, 1.54) is 0 Å². The van der Waals surface area contributed by atoms with Crippen LogP contribution in [0, 0.1) is 0 Å². The van der Waals surface area contributed by atoms with E-state index in [1.54, 1.807) is 19.2 Å². The molecule has 0 atom stereocenters. The van der Waals surface area contributed by atoms with Crippen molar-refractivity contribution < 1.29 is 13.2 Å². The predicted octanol–water partition coefficient (Wildman–Crippen LogP) is 1.18. The van der Waals surface area contributed by atoms with Gasteiger partial charge in [-0.2, -0.15) is 0 Å². The maximum atomic E-state index is 11.2. The lowest BCUT2D eigenvalue weighted by Gasteiger charge is -2.37. The normalized spacial score (nSPS) is 15.1. The Bertz CT molecular complexity index is 818. The summed E-state index contributed by atoms with van der Waals surface area (Å²) < 4.78 is 30.2. The molecule has 25 heavy (non-hydrogen) atoms. The molecule has 1 aromatic carbocycles. The lowest BCUT2D eigenvalue weighted by Crippen LogP contribution is -2.47. The van der Waals surface area contributed by atoms with Crippen LogP contribution in [0.1, 0.15) is 0 Å². The quantitative estimate of drug-likeness (QED) is 0.853. The molecule has 0 spiro atoms. The number of nitrogens with zero attached hydrogens (tertiary/aromatic N) is 4. The number of methoxy groups -OCH3 is 1. The topological polar surface area (TPSA) is 87.7 Å². The van der Waals surface area contributed by atoms with Gasteiger partial charge in [0.05, 0.1) is 19.1 Å². The Morgan fingerprint density at radius 1 is 1.00 bits per heavy atom. The monoisotopic (exact) mass is 363 g/mol. The lowest BCUT2D eigenvalue weighted by atomic mass is 10.2. The molecule has 1 N–H and O–H groups in total. The first kappa shape index (κ1) is 17.3. The van der Waals surface area contributed by atoms with Crippen molar-refractivity contribution in [1.29, 1.82) is 0 Å². The van der Waals surface area contributed by atoms with Gasteiger partial charge in [0.1, 0.15) is 5.75 Å². The van der Waals surface area contributed by atoms with Crippen LogP contribution in [0.4, 0.5) is 17.3 Å². The second kappa shape index (κ2) is 7.14. The van der Waals surface area contributed by atoms with Crippen LogP contribution >= 0.6 is 0 Å². The summed E-state index contributed by atoms with van der Waals surface area (Å²) in [6.07, 6.45) is 1.08. The Kier molecular flexibility index (Phi) is 4.93. The highest BCUT2D eigenvalue weighted by Gasteiger charge is 2.20. The molecule has 134 valence electrons. The molecule has 8 nitrogen and oxygen atoms in total. The lowest BCUT2D eigenvalue weighted by molar-refractivity contribution is 0.413. The Hall–Kier alpha value is -2.55. The van der Waals surface area contributed by atoms with Crippen molar-refractivity contribution in [2.24, 2.45) is 0 Å². The summed E-state index contributed by atoms with van der Waals surface area (Å²) in [7, 11) is -1.67. The molecular weight excluding hydrogens is 342 g/mol. The SMILES string of the molecule is COc1ccccc1N1CCN(c2ccc(NS(C)(=O)=O)nn2)CC1. The van der Waals surface area contributed by atoms with Gasteiger partial charge in [-0.1, -0.05) is 12.1 Å². The number of aromatic nitrogens is 2. The minimum atomic E-state index is -3.34. The molecule has 0 aliphatic carbocycles. The van der Waals surface area contributed by atoms with Gasteiger partial charge in [0.15, 0.2) is 11.6 Å². The highest BCUT2D eigenvalue weighted by atomic mass is 32.2. The first-order valence-corrected chi connectivity index (χ1v) is 9.80. The van der Waals surface area contributed by atoms with Crippen molar-refractivity contribution in [3.8, 4) is 5.75 Å². The fraction of sp³-hybridized carbons (Fsp3) is 0.375. The molecule has 1 saturated heterocycles. The van der Waals surface area contributed by atoms with E-state index in [0.29, 0.717) is 0 Å². The molecule has 2 aromatic rings. The summed E-state index contributed by atoms with van der Waals surface area (Å²) in [5.74, 6) is 1.82. The van der Waals surface area contributed by atoms with E-state index in [-0.39, 0.29) is 5.82 Å². The van der Waals surface area contributed by atoms with Gasteiger partial charge in [-0.3, -0.25) is 4.72 Å². The molecule has 1 aliphatic rings. The number of nitrogens with one attached hydrogen (secondary N) is 1. The smallest absolute Gasteiger partial charge is 0.231 e. The van der Waals surface area contributed by atoms with Crippen LogP contribution in [0.3, 0.4) is 0 Å². The number of rotatable bonds is 5. The van der Waals surface area contributed by atoms with E-state index in [9.17, 15) is 8.42 Å². The summed E-state index contributed by atoms with van der Waals surface area (Å²) in [6, 6.07) is 11.4. The van der Waals surface area contributed by atoms with Crippen molar-refractivity contribution in [1.82, 2.24) is 10.2 Å². The van der Waals surface area contributed by atoms with Crippen molar-refractivity contribution in [3.05, 3.63) is 36.4 Å². The zero-order valence-electron chi connectivity index (χ0n) is 14.2. The average Bonchev–Trinajstić information content (AvgIpc) is 2.61. The zero-order chi connectivity index (χ0) is 17.9. The van der Waals surface area contributed by atoms with Crippen LogP contribution in [-0.4, -0.2) is 58.2 Å². The third-order valence-electron chi connectivity index (χ3n) is 3.97. The summed E-state index contributed by atoms with van der Waals surface area (Å²) in [5.41, 5.74) is 1.09. The summed E-state index contributed by atoms with van der Waals surface area (Å²) in [5, 5.41) is 8.05. The number of hydrogen-bond donors (Lipinski definition) is 1. The summed E-state index contributed by atoms with van der Waals surface area (Å²) >= 11 is 0. The molecule has 9 heteroatoms. The molecule has 3 rings (SSSR count). The Morgan fingerprint density at radius 2 is 1.68 bits per heavy atom. The van der Waals surface area contributed by atoms with E-state index in [0.717, 1.165) is 49.7 Å². The highest BCUT2D eigenvalue weighted by Crippen LogP contribution is 2.28. The van der Waals surface area contributed by atoms with Crippen LogP contribution < -0.4 is 19.3 Å². The number of piperazine rings is 1. The van der Waals surface area contributed by atoms with E-state index >= 15 is 0 Å². The minimum Gasteiger partial charge on any atom is -0.495 e. The highest BCUT2D eigenvalue weighted by molar-refractivity contribution is 7.92. The van der Waals surface area contributed by atoms with Gasteiger partial charge in [0.25, 0.3) is 0 Å². The van der Waals surface area contributed by atoms with E-state index in [4.69, 9.17) is 4.74 Å². The average molecular weight is 363 g/mol. The summed E-state index contributed by atoms with van der Waals surface area (Å²) in [4.78, 5) is 4.41. The second-order valence-corrected chi connectivity index (χ2v) is 7.55. The fourth-order valence-corrected chi connectivity index (χ4v) is 3.29. The Labute approximate surface area is 147 Å². The summed E-state index contributed by atoms with van der Waals surface area (Å²) in [6.45, 7) is 3.27. The van der Waals surface area contributed by atoms with Gasteiger partial charge >= 0.3 is 0 Å². The number of benzene rings is 1. The first-order valence-electron chi connectivity index (χ1n) is 7.91. The van der Waals surface area contributed by atoms with Crippen LogP contribution in [0.5, 0.6) is 5.75 Å². The number of hydrogen-bond acceptors (Lipinski definition) is 7. The van der Waals surface area contributed by atoms with Crippen LogP contribution in [0.25, 0.3) is 0 Å². The van der Waals surface area contributed by atoms with Crippen molar-refractivity contribution in [2.45, 2.75) is 0 Å². The fourth-order valence-electron chi connectivity index (χ4n) is 2.81. The van der Waals surface area contributed by atoms with Gasteiger partial charge in [0, 0.05) is 26.2 Å². The molecule has 0 radical (unpaired) electrons. The second-order valence-electron chi connectivity index (χ2n) is 5.80. The van der Waals surface area contributed by atoms with Gasteiger partial charge < -0.3 is 14.5 Å². The number of anilines is 3. The third-order valence-corrected chi connectivity index (χ3v) is 4.55. The van der Waals surface area contributed by atoms with Crippen molar-refractivity contribution in [2.75, 3.05) is 54.1 Å². The standard InChI is InChI=1S/C16H21N5O3S/c1-24-14-6-4-3-5-13(14)20-9-11-21(12-10-20)16-8-7-15(17-18-16)19-25(2,22)23/h3-8H,9-12H2,1-2H3,(H,17,19). The molecule has 0 unspecified atom stereocenters. The van der Waals surface area contributed by atoms with E-state index < -0.39 is 10.0 Å². The van der Waals surface area contributed by atoms with Crippen LogP contribution in [-0.2, 0) is 10.0 Å². The maximum Gasteiger partial charge on any atom is 0.231 e. The Balaban J connectivity index is 1.64. The Morgan fingerprint density at radius 3 is 2.28 bits per heavy atom. The van der Waals surface area contributed by atoms with Gasteiger partial charge in [0.2, 0.25) is 10.0 Å².